The number of amides is 1. The van der Waals surface area contributed by atoms with Crippen molar-refractivity contribution in [2.24, 2.45) is 5.10 Å². The van der Waals surface area contributed by atoms with Crippen LogP contribution in [0, 0.1) is 13.8 Å². The van der Waals surface area contributed by atoms with Gasteiger partial charge in [-0.2, -0.15) is 5.10 Å². The van der Waals surface area contributed by atoms with Gasteiger partial charge in [-0.3, -0.25) is 9.78 Å². The lowest BCUT2D eigenvalue weighted by molar-refractivity contribution is 0.0956. The summed E-state index contributed by atoms with van der Waals surface area (Å²) in [5, 5.41) is 5.18. The largest absolute Gasteiger partial charge is 0.272 e. The molecule has 122 valence electrons. The maximum absolute atomic E-state index is 12.6. The smallest absolute Gasteiger partial charge is 0.267 e. The standard InChI is InChI=1S/C19H19N3OS/c1-4-16(18-10-9-13(3)24-18)21-22-19(23)15-11-12(2)20-17-8-6-5-7-14(15)17/h5-11H,4H2,1-3H3,(H,22,23)/b21-16+. The number of hydrogen-bond acceptors (Lipinski definition) is 4. The Balaban J connectivity index is 1.91. The van der Waals surface area contributed by atoms with E-state index in [1.54, 1.807) is 17.4 Å². The number of para-hydroxylation sites is 1. The average molecular weight is 337 g/mol. The van der Waals surface area contributed by atoms with Gasteiger partial charge in [0, 0.05) is 16.0 Å². The Morgan fingerprint density at radius 2 is 2.00 bits per heavy atom. The van der Waals surface area contributed by atoms with Gasteiger partial charge in [0.25, 0.3) is 5.91 Å². The number of carbonyl (C=O) groups is 1. The molecule has 1 N–H and O–H groups in total. The van der Waals surface area contributed by atoms with Gasteiger partial charge in [0.2, 0.25) is 0 Å². The van der Waals surface area contributed by atoms with Crippen LogP contribution in [0.5, 0.6) is 0 Å². The summed E-state index contributed by atoms with van der Waals surface area (Å²) in [6.45, 7) is 5.98. The lowest BCUT2D eigenvalue weighted by Crippen LogP contribution is -2.20. The summed E-state index contributed by atoms with van der Waals surface area (Å²) in [5.41, 5.74) is 5.82. The molecule has 3 rings (SSSR count). The number of hydrogen-bond donors (Lipinski definition) is 1. The number of aryl methyl sites for hydroxylation is 2. The highest BCUT2D eigenvalue weighted by Crippen LogP contribution is 2.19. The summed E-state index contributed by atoms with van der Waals surface area (Å²) in [6.07, 6.45) is 0.760. The monoisotopic (exact) mass is 337 g/mol. The zero-order valence-corrected chi connectivity index (χ0v) is 14.8. The molecule has 0 fully saturated rings. The molecule has 0 aliphatic rings. The fourth-order valence-corrected chi connectivity index (χ4v) is 3.50. The summed E-state index contributed by atoms with van der Waals surface area (Å²) in [7, 11) is 0. The highest BCUT2D eigenvalue weighted by Gasteiger charge is 2.12. The molecule has 24 heavy (non-hydrogen) atoms. The molecule has 1 aromatic carbocycles. The van der Waals surface area contributed by atoms with Crippen molar-refractivity contribution in [2.45, 2.75) is 27.2 Å². The third kappa shape index (κ3) is 3.36. The fourth-order valence-electron chi connectivity index (χ4n) is 2.57. The molecule has 2 heterocycles. The van der Waals surface area contributed by atoms with E-state index in [0.717, 1.165) is 33.6 Å². The van der Waals surface area contributed by atoms with Crippen LogP contribution in [-0.4, -0.2) is 16.6 Å². The summed E-state index contributed by atoms with van der Waals surface area (Å²) in [6, 6.07) is 13.5. The molecule has 0 aliphatic carbocycles. The highest BCUT2D eigenvalue weighted by molar-refractivity contribution is 7.14. The number of hydrazone groups is 1. The predicted molar refractivity (Wildman–Crippen MR) is 99.8 cm³/mol. The minimum atomic E-state index is -0.212. The Morgan fingerprint density at radius 1 is 1.21 bits per heavy atom. The molecule has 0 saturated carbocycles. The second kappa shape index (κ2) is 6.93. The van der Waals surface area contributed by atoms with Crippen LogP contribution in [0.25, 0.3) is 10.9 Å². The molecule has 0 aliphatic heterocycles. The van der Waals surface area contributed by atoms with Crippen LogP contribution in [0.3, 0.4) is 0 Å². The van der Waals surface area contributed by atoms with E-state index in [-0.39, 0.29) is 5.91 Å². The minimum Gasteiger partial charge on any atom is -0.267 e. The molecule has 0 bridgehead atoms. The van der Waals surface area contributed by atoms with Crippen LogP contribution >= 0.6 is 11.3 Å². The van der Waals surface area contributed by atoms with Crippen LogP contribution in [0.1, 0.15) is 39.2 Å². The number of aromatic nitrogens is 1. The summed E-state index contributed by atoms with van der Waals surface area (Å²) in [5.74, 6) is -0.212. The topological polar surface area (TPSA) is 54.4 Å². The molecule has 4 nitrogen and oxygen atoms in total. The van der Waals surface area contributed by atoms with Gasteiger partial charge in [0.05, 0.1) is 21.7 Å². The Hall–Kier alpha value is -2.53. The maximum atomic E-state index is 12.6. The Labute approximate surface area is 145 Å². The van der Waals surface area contributed by atoms with Crippen LogP contribution in [-0.2, 0) is 0 Å². The first-order chi connectivity index (χ1) is 11.6. The van der Waals surface area contributed by atoms with E-state index in [9.17, 15) is 4.79 Å². The van der Waals surface area contributed by atoms with Gasteiger partial charge in [-0.1, -0.05) is 25.1 Å². The Bertz CT molecular complexity index is 927. The molecule has 1 amide bonds. The van der Waals surface area contributed by atoms with Crippen molar-refractivity contribution in [1.82, 2.24) is 10.4 Å². The third-order valence-electron chi connectivity index (χ3n) is 3.74. The molecule has 0 atom stereocenters. The lowest BCUT2D eigenvalue weighted by Gasteiger charge is -2.07. The van der Waals surface area contributed by atoms with Gasteiger partial charge < -0.3 is 0 Å². The average Bonchev–Trinajstić information content (AvgIpc) is 3.00. The van der Waals surface area contributed by atoms with Crippen molar-refractivity contribution in [2.75, 3.05) is 0 Å². The molecule has 0 unspecified atom stereocenters. The highest BCUT2D eigenvalue weighted by atomic mass is 32.1. The fraction of sp³-hybridized carbons (Fsp3) is 0.211. The number of benzene rings is 1. The molecule has 0 spiro atoms. The van der Waals surface area contributed by atoms with Gasteiger partial charge in [0.15, 0.2) is 0 Å². The number of thiophene rings is 1. The van der Waals surface area contributed by atoms with E-state index in [2.05, 4.69) is 28.5 Å². The van der Waals surface area contributed by atoms with E-state index >= 15 is 0 Å². The Kier molecular flexibility index (Phi) is 4.71. The summed E-state index contributed by atoms with van der Waals surface area (Å²) >= 11 is 1.68. The number of nitrogens with one attached hydrogen (secondary N) is 1. The number of pyridine rings is 1. The predicted octanol–water partition coefficient (Wildman–Crippen LogP) is 4.46. The Morgan fingerprint density at radius 3 is 2.71 bits per heavy atom. The van der Waals surface area contributed by atoms with Gasteiger partial charge in [-0.25, -0.2) is 5.43 Å². The molecule has 0 saturated heterocycles. The van der Waals surface area contributed by atoms with Crippen LogP contribution in [0.4, 0.5) is 0 Å². The first-order valence-electron chi connectivity index (χ1n) is 7.88. The van der Waals surface area contributed by atoms with Crippen molar-refractivity contribution in [1.29, 1.82) is 0 Å². The normalized spacial score (nSPS) is 11.7. The van der Waals surface area contributed by atoms with Crippen molar-refractivity contribution >= 4 is 33.9 Å². The first kappa shape index (κ1) is 16.3. The number of nitrogens with zero attached hydrogens (tertiary/aromatic N) is 2. The van der Waals surface area contributed by atoms with Crippen molar-refractivity contribution in [3.05, 3.63) is 63.5 Å². The lowest BCUT2D eigenvalue weighted by atomic mass is 10.1. The van der Waals surface area contributed by atoms with Crippen LogP contribution in [0.2, 0.25) is 0 Å². The quantitative estimate of drug-likeness (QED) is 0.564. The van der Waals surface area contributed by atoms with Crippen molar-refractivity contribution in [3.8, 4) is 0 Å². The molecular formula is C19H19N3OS. The molecule has 0 radical (unpaired) electrons. The summed E-state index contributed by atoms with van der Waals surface area (Å²) in [4.78, 5) is 19.4. The van der Waals surface area contributed by atoms with E-state index in [4.69, 9.17) is 0 Å². The molecule has 2 aromatic heterocycles. The van der Waals surface area contributed by atoms with Gasteiger partial charge >= 0.3 is 0 Å². The van der Waals surface area contributed by atoms with Crippen molar-refractivity contribution in [3.63, 3.8) is 0 Å². The van der Waals surface area contributed by atoms with E-state index < -0.39 is 0 Å². The van der Waals surface area contributed by atoms with Gasteiger partial charge in [-0.05, 0) is 44.5 Å². The van der Waals surface area contributed by atoms with E-state index in [1.165, 1.54) is 4.88 Å². The zero-order chi connectivity index (χ0) is 17.1. The molecule has 5 heteroatoms. The van der Waals surface area contributed by atoms with Gasteiger partial charge in [0.1, 0.15) is 0 Å². The van der Waals surface area contributed by atoms with Crippen LogP contribution < -0.4 is 5.43 Å². The minimum absolute atomic E-state index is 0.212. The van der Waals surface area contributed by atoms with Gasteiger partial charge in [-0.15, -0.1) is 11.3 Å². The number of rotatable bonds is 4. The van der Waals surface area contributed by atoms with Crippen LogP contribution in [0.15, 0.2) is 47.6 Å². The molecule has 3 aromatic rings. The second-order valence-corrected chi connectivity index (χ2v) is 6.88. The number of fused-ring (bicyclic) bond motifs is 1. The van der Waals surface area contributed by atoms with E-state index in [1.807, 2.05) is 44.2 Å². The molecular weight excluding hydrogens is 318 g/mol. The summed E-state index contributed by atoms with van der Waals surface area (Å²) < 4.78 is 0. The second-order valence-electron chi connectivity index (χ2n) is 5.59. The first-order valence-corrected chi connectivity index (χ1v) is 8.70. The third-order valence-corrected chi connectivity index (χ3v) is 4.79. The zero-order valence-electron chi connectivity index (χ0n) is 14.0. The van der Waals surface area contributed by atoms with Crippen molar-refractivity contribution < 1.29 is 4.79 Å². The SMILES string of the molecule is CC/C(=N\NC(=O)c1cc(C)nc2ccccc12)c1ccc(C)s1. The van der Waals surface area contributed by atoms with E-state index in [0.29, 0.717) is 5.56 Å². The maximum Gasteiger partial charge on any atom is 0.272 e. The number of carbonyl (C=O) groups excluding carboxylic acids is 1.